The second-order valence-corrected chi connectivity index (χ2v) is 5.00. The van der Waals surface area contributed by atoms with Gasteiger partial charge >= 0.3 is 0 Å². The second kappa shape index (κ2) is 6.81. The lowest BCUT2D eigenvalue weighted by Gasteiger charge is -2.07. The third-order valence-electron chi connectivity index (χ3n) is 2.63. The van der Waals surface area contributed by atoms with Gasteiger partial charge in [0, 0.05) is 16.8 Å². The number of rotatable bonds is 5. The lowest BCUT2D eigenvalue weighted by atomic mass is 10.2. The normalized spacial score (nSPS) is 10.3. The van der Waals surface area contributed by atoms with Gasteiger partial charge in [0.15, 0.2) is 0 Å². The Morgan fingerprint density at radius 3 is 2.50 bits per heavy atom. The van der Waals surface area contributed by atoms with Gasteiger partial charge in [-0.05, 0) is 35.4 Å². The summed E-state index contributed by atoms with van der Waals surface area (Å²) in [5.41, 5.74) is 2.45. The van der Waals surface area contributed by atoms with Crippen molar-refractivity contribution in [3.05, 3.63) is 64.7 Å². The van der Waals surface area contributed by atoms with Crippen LogP contribution in [-0.2, 0) is 11.8 Å². The van der Waals surface area contributed by atoms with E-state index < -0.39 is 0 Å². The Hall–Kier alpha value is -0.990. The molecule has 0 radical (unpaired) electrons. The van der Waals surface area contributed by atoms with E-state index in [1.807, 2.05) is 36.4 Å². The van der Waals surface area contributed by atoms with E-state index in [4.69, 9.17) is 16.3 Å². The SMILES string of the molecule is Clc1ccc(CCOc2cccc(CBr)c2)cc1. The molecule has 3 heteroatoms. The summed E-state index contributed by atoms with van der Waals surface area (Å²) in [6, 6.07) is 16.0. The van der Waals surface area contributed by atoms with Crippen molar-refractivity contribution in [3.8, 4) is 5.75 Å². The number of halogens is 2. The molecule has 0 heterocycles. The molecule has 2 aromatic rings. The lowest BCUT2D eigenvalue weighted by Crippen LogP contribution is -2.01. The summed E-state index contributed by atoms with van der Waals surface area (Å²) >= 11 is 9.27. The maximum atomic E-state index is 5.84. The van der Waals surface area contributed by atoms with Crippen LogP contribution in [0.25, 0.3) is 0 Å². The molecule has 18 heavy (non-hydrogen) atoms. The number of benzene rings is 2. The van der Waals surface area contributed by atoms with Crippen molar-refractivity contribution in [2.45, 2.75) is 11.8 Å². The van der Waals surface area contributed by atoms with Gasteiger partial charge in [-0.3, -0.25) is 0 Å². The zero-order valence-electron chi connectivity index (χ0n) is 9.90. The lowest BCUT2D eigenvalue weighted by molar-refractivity contribution is 0.322. The van der Waals surface area contributed by atoms with Crippen LogP contribution in [0.4, 0.5) is 0 Å². The first-order valence-electron chi connectivity index (χ1n) is 5.80. The fourth-order valence-corrected chi connectivity index (χ4v) is 2.13. The molecule has 0 spiro atoms. The molecule has 0 aliphatic carbocycles. The summed E-state index contributed by atoms with van der Waals surface area (Å²) in [6.07, 6.45) is 0.885. The highest BCUT2D eigenvalue weighted by Crippen LogP contribution is 2.16. The highest BCUT2D eigenvalue weighted by molar-refractivity contribution is 9.08. The molecular weight excluding hydrogens is 312 g/mol. The van der Waals surface area contributed by atoms with Gasteiger partial charge in [0.25, 0.3) is 0 Å². The van der Waals surface area contributed by atoms with Crippen molar-refractivity contribution < 1.29 is 4.74 Å². The van der Waals surface area contributed by atoms with Crippen molar-refractivity contribution >= 4 is 27.5 Å². The molecule has 0 amide bonds. The van der Waals surface area contributed by atoms with Crippen molar-refractivity contribution in [2.75, 3.05) is 6.61 Å². The summed E-state index contributed by atoms with van der Waals surface area (Å²) in [4.78, 5) is 0. The van der Waals surface area contributed by atoms with Gasteiger partial charge < -0.3 is 4.74 Å². The average molecular weight is 326 g/mol. The molecule has 0 N–H and O–H groups in total. The zero-order chi connectivity index (χ0) is 12.8. The van der Waals surface area contributed by atoms with Gasteiger partial charge in [-0.15, -0.1) is 0 Å². The third-order valence-corrected chi connectivity index (χ3v) is 3.52. The first-order chi connectivity index (χ1) is 8.78. The predicted octanol–water partition coefficient (Wildman–Crippen LogP) is 4.86. The summed E-state index contributed by atoms with van der Waals surface area (Å²) < 4.78 is 5.73. The van der Waals surface area contributed by atoms with Crippen molar-refractivity contribution in [2.24, 2.45) is 0 Å². The topological polar surface area (TPSA) is 9.23 Å². The Morgan fingerprint density at radius 2 is 1.78 bits per heavy atom. The van der Waals surface area contributed by atoms with Crippen LogP contribution in [0.3, 0.4) is 0 Å². The number of alkyl halides is 1. The van der Waals surface area contributed by atoms with E-state index in [2.05, 4.69) is 28.1 Å². The molecule has 0 aromatic heterocycles. The maximum absolute atomic E-state index is 5.84. The molecule has 0 atom stereocenters. The zero-order valence-corrected chi connectivity index (χ0v) is 12.2. The summed E-state index contributed by atoms with van der Waals surface area (Å²) in [6.45, 7) is 0.674. The van der Waals surface area contributed by atoms with E-state index in [0.29, 0.717) is 6.61 Å². The van der Waals surface area contributed by atoms with E-state index in [1.165, 1.54) is 11.1 Å². The van der Waals surface area contributed by atoms with E-state index in [-0.39, 0.29) is 0 Å². The van der Waals surface area contributed by atoms with Crippen LogP contribution in [0.15, 0.2) is 48.5 Å². The minimum Gasteiger partial charge on any atom is -0.493 e. The Kier molecular flexibility index (Phi) is 5.09. The Labute approximate surface area is 121 Å². The number of ether oxygens (including phenoxy) is 1. The van der Waals surface area contributed by atoms with Crippen LogP contribution in [-0.4, -0.2) is 6.61 Å². The van der Waals surface area contributed by atoms with E-state index in [0.717, 1.165) is 22.5 Å². The molecule has 2 rings (SSSR count). The van der Waals surface area contributed by atoms with Crippen molar-refractivity contribution in [1.29, 1.82) is 0 Å². The summed E-state index contributed by atoms with van der Waals surface area (Å²) in [7, 11) is 0. The number of hydrogen-bond donors (Lipinski definition) is 0. The van der Waals surface area contributed by atoms with E-state index in [1.54, 1.807) is 0 Å². The molecule has 94 valence electrons. The molecule has 0 aliphatic heterocycles. The van der Waals surface area contributed by atoms with Gasteiger partial charge in [0.2, 0.25) is 0 Å². The molecule has 0 bridgehead atoms. The molecule has 0 aliphatic rings. The second-order valence-electron chi connectivity index (χ2n) is 4.01. The van der Waals surface area contributed by atoms with Crippen molar-refractivity contribution in [3.63, 3.8) is 0 Å². The van der Waals surface area contributed by atoms with E-state index in [9.17, 15) is 0 Å². The standard InChI is InChI=1S/C15H14BrClO/c16-11-13-2-1-3-15(10-13)18-9-8-12-4-6-14(17)7-5-12/h1-7,10H,8-9,11H2. The summed E-state index contributed by atoms with van der Waals surface area (Å²) in [5, 5.41) is 1.62. The monoisotopic (exact) mass is 324 g/mol. The Bertz CT molecular complexity index is 496. The predicted molar refractivity (Wildman–Crippen MR) is 79.7 cm³/mol. The quantitative estimate of drug-likeness (QED) is 0.714. The van der Waals surface area contributed by atoms with Gasteiger partial charge in [0.1, 0.15) is 5.75 Å². The van der Waals surface area contributed by atoms with Gasteiger partial charge in [-0.2, -0.15) is 0 Å². The number of hydrogen-bond acceptors (Lipinski definition) is 1. The van der Waals surface area contributed by atoms with Crippen LogP contribution in [0.5, 0.6) is 5.75 Å². The van der Waals surface area contributed by atoms with Gasteiger partial charge in [-0.25, -0.2) is 0 Å². The molecule has 1 nitrogen and oxygen atoms in total. The van der Waals surface area contributed by atoms with Crippen LogP contribution in [0.1, 0.15) is 11.1 Å². The first kappa shape index (κ1) is 13.4. The fraction of sp³-hybridized carbons (Fsp3) is 0.200. The van der Waals surface area contributed by atoms with Crippen LogP contribution < -0.4 is 4.74 Å². The minimum atomic E-state index is 0.674. The first-order valence-corrected chi connectivity index (χ1v) is 7.30. The smallest absolute Gasteiger partial charge is 0.119 e. The Morgan fingerprint density at radius 1 is 1.00 bits per heavy atom. The molecule has 2 aromatic carbocycles. The fourth-order valence-electron chi connectivity index (χ4n) is 1.66. The van der Waals surface area contributed by atoms with Gasteiger partial charge in [-0.1, -0.05) is 51.8 Å². The van der Waals surface area contributed by atoms with Crippen LogP contribution in [0.2, 0.25) is 5.02 Å². The minimum absolute atomic E-state index is 0.674. The molecule has 0 unspecified atom stereocenters. The molecule has 0 saturated carbocycles. The molecule has 0 fully saturated rings. The summed E-state index contributed by atoms with van der Waals surface area (Å²) in [5.74, 6) is 0.918. The highest BCUT2D eigenvalue weighted by Gasteiger charge is 1.97. The maximum Gasteiger partial charge on any atom is 0.119 e. The van der Waals surface area contributed by atoms with Crippen LogP contribution in [0, 0.1) is 0 Å². The molecular formula is C15H14BrClO. The van der Waals surface area contributed by atoms with Crippen LogP contribution >= 0.6 is 27.5 Å². The molecule has 0 saturated heterocycles. The third kappa shape index (κ3) is 4.04. The van der Waals surface area contributed by atoms with E-state index >= 15 is 0 Å². The average Bonchev–Trinajstić information content (AvgIpc) is 2.41. The highest BCUT2D eigenvalue weighted by atomic mass is 79.9. The largest absolute Gasteiger partial charge is 0.493 e. The van der Waals surface area contributed by atoms with Gasteiger partial charge in [0.05, 0.1) is 6.61 Å². The van der Waals surface area contributed by atoms with Crippen molar-refractivity contribution in [1.82, 2.24) is 0 Å². The Balaban J connectivity index is 1.86.